The molecule has 6 heteroatoms. The van der Waals surface area contributed by atoms with Gasteiger partial charge in [-0.3, -0.25) is 9.59 Å². The molecule has 4 atom stereocenters. The van der Waals surface area contributed by atoms with Gasteiger partial charge in [-0.25, -0.2) is 4.98 Å². The second-order valence-electron chi connectivity index (χ2n) is 5.49. The summed E-state index contributed by atoms with van der Waals surface area (Å²) in [4.78, 5) is 29.1. The smallest absolute Gasteiger partial charge is 0.307 e. The summed E-state index contributed by atoms with van der Waals surface area (Å²) in [6, 6.07) is 0. The number of aryl methyl sites for hydroxylation is 2. The molecular formula is C14H16N2O3S. The summed E-state index contributed by atoms with van der Waals surface area (Å²) < 4.78 is 0. The van der Waals surface area contributed by atoms with Gasteiger partial charge in [0.25, 0.3) is 0 Å². The van der Waals surface area contributed by atoms with Crippen molar-refractivity contribution >= 4 is 28.3 Å². The van der Waals surface area contributed by atoms with E-state index in [1.165, 1.54) is 11.3 Å². The Bertz CT molecular complexity index is 588. The number of carbonyl (C=O) groups excluding carboxylic acids is 1. The van der Waals surface area contributed by atoms with E-state index < -0.39 is 17.8 Å². The first kappa shape index (κ1) is 13.3. The van der Waals surface area contributed by atoms with Crippen molar-refractivity contribution in [2.45, 2.75) is 20.3 Å². The third-order valence-electron chi connectivity index (χ3n) is 4.31. The van der Waals surface area contributed by atoms with Crippen LogP contribution in [0.1, 0.15) is 17.0 Å². The van der Waals surface area contributed by atoms with Gasteiger partial charge in [0.2, 0.25) is 5.91 Å². The average Bonchev–Trinajstić information content (AvgIpc) is 3.04. The zero-order valence-corrected chi connectivity index (χ0v) is 12.1. The molecule has 3 rings (SSSR count). The molecule has 2 aliphatic carbocycles. The topological polar surface area (TPSA) is 79.3 Å². The number of aromatic nitrogens is 1. The maximum Gasteiger partial charge on any atom is 0.307 e. The van der Waals surface area contributed by atoms with Gasteiger partial charge in [0.05, 0.1) is 17.5 Å². The summed E-state index contributed by atoms with van der Waals surface area (Å²) in [7, 11) is 0. The van der Waals surface area contributed by atoms with E-state index in [-0.39, 0.29) is 17.7 Å². The van der Waals surface area contributed by atoms with Crippen LogP contribution in [0.4, 0.5) is 5.13 Å². The number of rotatable bonds is 3. The van der Waals surface area contributed by atoms with Gasteiger partial charge in [0.1, 0.15) is 0 Å². The van der Waals surface area contributed by atoms with Crippen LogP contribution in [0.5, 0.6) is 0 Å². The molecule has 0 aromatic carbocycles. The van der Waals surface area contributed by atoms with Crippen LogP contribution in [0.2, 0.25) is 0 Å². The quantitative estimate of drug-likeness (QED) is 0.837. The highest BCUT2D eigenvalue weighted by Gasteiger charge is 2.51. The molecule has 0 aliphatic heterocycles. The number of carbonyl (C=O) groups is 2. The van der Waals surface area contributed by atoms with Crippen LogP contribution in [0.25, 0.3) is 0 Å². The Kier molecular flexibility index (Phi) is 3.12. The molecule has 0 radical (unpaired) electrons. The van der Waals surface area contributed by atoms with Crippen molar-refractivity contribution in [3.05, 3.63) is 22.7 Å². The molecule has 20 heavy (non-hydrogen) atoms. The number of carboxylic acids is 1. The first-order valence-electron chi connectivity index (χ1n) is 6.63. The number of hydrogen-bond acceptors (Lipinski definition) is 4. The Morgan fingerprint density at radius 2 is 1.95 bits per heavy atom. The van der Waals surface area contributed by atoms with Crippen LogP contribution in [0, 0.1) is 37.5 Å². The molecule has 1 fully saturated rings. The van der Waals surface area contributed by atoms with Crippen molar-refractivity contribution in [1.29, 1.82) is 0 Å². The lowest BCUT2D eigenvalue weighted by atomic mass is 9.82. The summed E-state index contributed by atoms with van der Waals surface area (Å²) in [5.74, 6) is -2.15. The molecule has 0 unspecified atom stereocenters. The maximum absolute atomic E-state index is 12.4. The van der Waals surface area contributed by atoms with Crippen molar-refractivity contribution in [2.24, 2.45) is 23.7 Å². The zero-order chi connectivity index (χ0) is 14.4. The fourth-order valence-corrected chi connectivity index (χ4v) is 4.05. The summed E-state index contributed by atoms with van der Waals surface area (Å²) >= 11 is 1.42. The van der Waals surface area contributed by atoms with E-state index in [0.717, 1.165) is 17.0 Å². The number of nitrogens with zero attached hydrogens (tertiary/aromatic N) is 1. The van der Waals surface area contributed by atoms with E-state index in [1.54, 1.807) is 0 Å². The fraction of sp³-hybridized carbons (Fsp3) is 0.500. The van der Waals surface area contributed by atoms with Crippen molar-refractivity contribution < 1.29 is 14.7 Å². The number of nitrogens with one attached hydrogen (secondary N) is 1. The van der Waals surface area contributed by atoms with Gasteiger partial charge in [-0.2, -0.15) is 0 Å². The first-order chi connectivity index (χ1) is 9.47. The first-order valence-corrected chi connectivity index (χ1v) is 7.45. The molecule has 106 valence electrons. The fourth-order valence-electron chi connectivity index (χ4n) is 3.23. The third-order valence-corrected chi connectivity index (χ3v) is 5.29. The van der Waals surface area contributed by atoms with E-state index in [1.807, 2.05) is 26.0 Å². The minimum Gasteiger partial charge on any atom is -0.481 e. The van der Waals surface area contributed by atoms with Crippen LogP contribution in [-0.2, 0) is 9.59 Å². The largest absolute Gasteiger partial charge is 0.481 e. The summed E-state index contributed by atoms with van der Waals surface area (Å²) in [6.45, 7) is 3.84. The van der Waals surface area contributed by atoms with Crippen molar-refractivity contribution in [3.63, 3.8) is 0 Å². The zero-order valence-electron chi connectivity index (χ0n) is 11.3. The monoisotopic (exact) mass is 292 g/mol. The molecule has 2 N–H and O–H groups in total. The van der Waals surface area contributed by atoms with Crippen molar-refractivity contribution in [1.82, 2.24) is 4.98 Å². The minimum absolute atomic E-state index is 0.00647. The predicted octanol–water partition coefficient (Wildman–Crippen LogP) is 2.22. The second kappa shape index (κ2) is 4.70. The number of aliphatic carboxylic acids is 1. The van der Waals surface area contributed by atoms with Gasteiger partial charge in [-0.05, 0) is 32.1 Å². The summed E-state index contributed by atoms with van der Waals surface area (Å²) in [5, 5.41) is 12.7. The Balaban J connectivity index is 1.79. The van der Waals surface area contributed by atoms with Gasteiger partial charge in [-0.1, -0.05) is 12.2 Å². The Morgan fingerprint density at radius 3 is 2.50 bits per heavy atom. The Labute approximate surface area is 120 Å². The SMILES string of the molecule is Cc1nc(NC(=O)[C@@H]2[C@H](C(=O)O)[C@H]3C=C[C@H]2C3)sc1C. The van der Waals surface area contributed by atoms with Crippen LogP contribution in [-0.4, -0.2) is 22.0 Å². The van der Waals surface area contributed by atoms with E-state index in [9.17, 15) is 14.7 Å². The average molecular weight is 292 g/mol. The third kappa shape index (κ3) is 2.04. The highest BCUT2D eigenvalue weighted by atomic mass is 32.1. The van der Waals surface area contributed by atoms with Crippen molar-refractivity contribution in [2.75, 3.05) is 5.32 Å². The lowest BCUT2D eigenvalue weighted by Crippen LogP contribution is -2.36. The van der Waals surface area contributed by atoms with E-state index in [2.05, 4.69) is 10.3 Å². The maximum atomic E-state index is 12.4. The molecule has 1 aromatic rings. The second-order valence-corrected chi connectivity index (χ2v) is 6.69. The highest BCUT2D eigenvalue weighted by molar-refractivity contribution is 7.15. The number of thiazole rings is 1. The normalized spacial score (nSPS) is 30.7. The lowest BCUT2D eigenvalue weighted by molar-refractivity contribution is -0.146. The number of amides is 1. The van der Waals surface area contributed by atoms with Gasteiger partial charge in [0, 0.05) is 4.88 Å². The molecule has 1 amide bonds. The van der Waals surface area contributed by atoms with E-state index in [4.69, 9.17) is 0 Å². The highest BCUT2D eigenvalue weighted by Crippen LogP contribution is 2.48. The molecule has 1 heterocycles. The van der Waals surface area contributed by atoms with Crippen LogP contribution >= 0.6 is 11.3 Å². The Morgan fingerprint density at radius 1 is 1.30 bits per heavy atom. The number of fused-ring (bicyclic) bond motifs is 2. The molecule has 0 saturated heterocycles. The number of allylic oxidation sites excluding steroid dienone is 2. The molecule has 0 spiro atoms. The molecule has 5 nitrogen and oxygen atoms in total. The number of hydrogen-bond donors (Lipinski definition) is 2. The number of anilines is 1. The van der Waals surface area contributed by atoms with Crippen molar-refractivity contribution in [3.8, 4) is 0 Å². The van der Waals surface area contributed by atoms with Gasteiger partial charge >= 0.3 is 5.97 Å². The van der Waals surface area contributed by atoms with Gasteiger partial charge in [0.15, 0.2) is 5.13 Å². The van der Waals surface area contributed by atoms with Crippen LogP contribution < -0.4 is 5.32 Å². The standard InChI is InChI=1S/C14H16N2O3S/c1-6-7(2)20-14(15-6)16-12(17)10-8-3-4-9(5-8)11(10)13(18)19/h3-4,8-11H,5H2,1-2H3,(H,18,19)(H,15,16,17)/t8-,9-,10-,11+/m0/s1. The minimum atomic E-state index is -0.881. The molecule has 2 aliphatic rings. The number of carboxylic acid groups (broad SMARTS) is 1. The molecule has 1 aromatic heterocycles. The van der Waals surface area contributed by atoms with E-state index in [0.29, 0.717) is 5.13 Å². The summed E-state index contributed by atoms with van der Waals surface area (Å²) in [5.41, 5.74) is 0.896. The molecular weight excluding hydrogens is 276 g/mol. The molecule has 1 saturated carbocycles. The lowest BCUT2D eigenvalue weighted by Gasteiger charge is -2.23. The van der Waals surface area contributed by atoms with Gasteiger partial charge in [-0.15, -0.1) is 11.3 Å². The van der Waals surface area contributed by atoms with Crippen LogP contribution in [0.3, 0.4) is 0 Å². The van der Waals surface area contributed by atoms with E-state index >= 15 is 0 Å². The van der Waals surface area contributed by atoms with Gasteiger partial charge < -0.3 is 10.4 Å². The Hall–Kier alpha value is -1.69. The summed E-state index contributed by atoms with van der Waals surface area (Å²) in [6.07, 6.45) is 4.68. The predicted molar refractivity (Wildman–Crippen MR) is 75.6 cm³/mol. The molecule has 2 bridgehead atoms. The van der Waals surface area contributed by atoms with Crippen LogP contribution in [0.15, 0.2) is 12.2 Å².